The van der Waals surface area contributed by atoms with Crippen molar-refractivity contribution in [1.82, 2.24) is 0 Å². The van der Waals surface area contributed by atoms with Crippen molar-refractivity contribution in [2.24, 2.45) is 0 Å². The SMILES string of the molecule is C[C@H]1O[C@H](O[C@H]2[C@H](O)[C@@H](O[C@H]3O[C@H](CO)[C@H](O)[C@H](O)[C@H]3O)[C@@H](O[C@@H]3[C@H](O)[C@@H](O[C@@H]([C@H](O)[C@H](O)CO)[C@@H](O)CO)O[C@H](CO[C@@H]4O[C@H](CO)[C@H](O)[C@H](O)[C@H]4O)[C@H]3O)O[C@@H]2C(=O)O)[C@@H](O[C@@H]2O[C@H](CO)[C@H](O)[C@H](O)[C@H]2O)[C@@H](O)[C@@H]1O. The zero-order valence-electron chi connectivity index (χ0n) is 41.0. The highest BCUT2D eigenvalue weighted by Crippen LogP contribution is 2.38. The number of carbonyl (C=O) groups is 1. The van der Waals surface area contributed by atoms with Gasteiger partial charge >= 0.3 is 5.97 Å². The van der Waals surface area contributed by atoms with Crippen molar-refractivity contribution < 1.29 is 179 Å². The van der Waals surface area contributed by atoms with Gasteiger partial charge < -0.3 is 174 Å². The van der Waals surface area contributed by atoms with Crippen LogP contribution in [0.2, 0.25) is 0 Å². The highest BCUT2D eigenvalue weighted by molar-refractivity contribution is 5.73. The predicted molar refractivity (Wildman–Crippen MR) is 233 cm³/mol. The Morgan fingerprint density at radius 2 is 0.833 bits per heavy atom. The summed E-state index contributed by atoms with van der Waals surface area (Å²) >= 11 is 0. The fourth-order valence-electron chi connectivity index (χ4n) is 9.36. The fraction of sp³-hybridized carbons (Fsp3) is 0.976. The Balaban J connectivity index is 1.38. The minimum absolute atomic E-state index is 0.931. The molecule has 0 spiro atoms. The lowest BCUT2D eigenvalue weighted by molar-refractivity contribution is -0.407. The van der Waals surface area contributed by atoms with E-state index in [1.807, 2.05) is 0 Å². The third-order valence-electron chi connectivity index (χ3n) is 14.1. The number of ether oxygens (including phenoxy) is 12. The smallest absolute Gasteiger partial charge is 0.335 e. The van der Waals surface area contributed by atoms with Gasteiger partial charge in [-0.05, 0) is 6.92 Å². The maximum atomic E-state index is 13.2. The van der Waals surface area contributed by atoms with Crippen LogP contribution < -0.4 is 0 Å². The number of aliphatic hydroxyl groups is 22. The molecular weight excluding hydrogens is 1080 g/mol. The third-order valence-corrected chi connectivity index (χ3v) is 14.1. The van der Waals surface area contributed by atoms with Crippen molar-refractivity contribution in [3.05, 3.63) is 0 Å². The summed E-state index contributed by atoms with van der Waals surface area (Å²) in [5.74, 6) is -2.05. The minimum Gasteiger partial charge on any atom is -0.479 e. The lowest BCUT2D eigenvalue weighted by atomic mass is 9.95. The number of hydrogen-bond donors (Lipinski definition) is 23. The van der Waals surface area contributed by atoms with Crippen molar-refractivity contribution >= 4 is 5.97 Å². The Labute approximate surface area is 439 Å². The number of carboxylic acid groups (broad SMARTS) is 1. The largest absolute Gasteiger partial charge is 0.479 e. The van der Waals surface area contributed by atoms with Crippen LogP contribution >= 0.6 is 0 Å². The van der Waals surface area contributed by atoms with Crippen LogP contribution in [0.3, 0.4) is 0 Å². The van der Waals surface area contributed by atoms with Crippen LogP contribution in [0.1, 0.15) is 6.92 Å². The zero-order chi connectivity index (χ0) is 57.9. The van der Waals surface area contributed by atoms with E-state index in [-0.39, 0.29) is 0 Å². The molecule has 6 saturated heterocycles. The molecule has 0 radical (unpaired) electrons. The average molecular weight is 1150 g/mol. The molecule has 456 valence electrons. The molecule has 0 aliphatic carbocycles. The first-order valence-electron chi connectivity index (χ1n) is 24.4. The van der Waals surface area contributed by atoms with Gasteiger partial charge in [0.05, 0.1) is 45.7 Å². The maximum absolute atomic E-state index is 13.2. The first kappa shape index (κ1) is 65.3. The molecule has 0 aromatic carbocycles. The van der Waals surface area contributed by atoms with E-state index in [2.05, 4.69) is 0 Å². The molecule has 0 aromatic heterocycles. The van der Waals surface area contributed by atoms with Crippen molar-refractivity contribution in [2.75, 3.05) is 39.6 Å². The Morgan fingerprint density at radius 1 is 0.410 bits per heavy atom. The summed E-state index contributed by atoms with van der Waals surface area (Å²) in [4.78, 5) is 13.2. The number of hydrogen-bond acceptors (Lipinski definition) is 35. The first-order chi connectivity index (χ1) is 36.8. The third kappa shape index (κ3) is 13.9. The van der Waals surface area contributed by atoms with E-state index >= 15 is 0 Å². The Morgan fingerprint density at radius 3 is 1.31 bits per heavy atom. The molecule has 0 amide bonds. The second-order valence-corrected chi connectivity index (χ2v) is 19.4. The Bertz CT molecular complexity index is 1830. The summed E-state index contributed by atoms with van der Waals surface area (Å²) in [6.45, 7) is -5.24. The highest BCUT2D eigenvalue weighted by Gasteiger charge is 2.59. The summed E-state index contributed by atoms with van der Waals surface area (Å²) in [6.07, 6.45) is -72.8. The van der Waals surface area contributed by atoms with Gasteiger partial charge in [-0.1, -0.05) is 0 Å². The van der Waals surface area contributed by atoms with Crippen LogP contribution in [0.4, 0.5) is 0 Å². The molecule has 0 unspecified atom stereocenters. The van der Waals surface area contributed by atoms with Crippen molar-refractivity contribution in [1.29, 1.82) is 0 Å². The number of aliphatic carboxylic acids is 1. The molecule has 34 atom stereocenters. The van der Waals surface area contributed by atoms with Crippen LogP contribution in [0.15, 0.2) is 0 Å². The molecule has 23 N–H and O–H groups in total. The molecule has 6 fully saturated rings. The van der Waals surface area contributed by atoms with E-state index in [1.54, 1.807) is 0 Å². The van der Waals surface area contributed by atoms with E-state index in [0.29, 0.717) is 0 Å². The molecule has 6 aliphatic rings. The summed E-state index contributed by atoms with van der Waals surface area (Å²) in [5.41, 5.74) is 0. The Kier molecular flexibility index (Phi) is 23.5. The standard InChI is InChI=1S/C42H72O36/c1-8-15(50)24(59)33(76-38-26(61)22(57)18(53)12(5-46)70-38)41(68-8)75-32-28(63)34(77-39-27(62)23(58)19(54)13(6-47)71-39)42(78-35(32)36(65)66)74-31-20(55)14(7-67-37-25(60)21(56)17(52)11(4-45)69-37)72-40(29(31)64)73-30(10(49)3-44)16(51)9(48)2-43/h8-35,37-64H,2-7H2,1H3,(H,65,66)/t8-,9-,10+,11-,12-,13-,14-,15-,16-,17+,18+,19+,20-,21+,22+,23+,24+,25-,26-,27-,28+,29+,30-,31+,32+,33+,34-,35+,37-,38+,39-,40-,41-,42+/m1/s1. The second-order valence-electron chi connectivity index (χ2n) is 19.4. The molecule has 6 aliphatic heterocycles. The normalized spacial score (nSPS) is 49.2. The zero-order valence-corrected chi connectivity index (χ0v) is 41.0. The molecule has 0 bridgehead atoms. The van der Waals surface area contributed by atoms with Gasteiger partial charge in [0.15, 0.2) is 43.8 Å². The van der Waals surface area contributed by atoms with Gasteiger partial charge in [0.25, 0.3) is 0 Å². The van der Waals surface area contributed by atoms with Crippen molar-refractivity contribution in [3.63, 3.8) is 0 Å². The van der Waals surface area contributed by atoms with E-state index in [9.17, 15) is 122 Å². The molecule has 0 aromatic rings. The molecular formula is C42H72O36. The molecule has 0 saturated carbocycles. The summed E-state index contributed by atoms with van der Waals surface area (Å²) in [7, 11) is 0. The van der Waals surface area contributed by atoms with Crippen molar-refractivity contribution in [2.45, 2.75) is 216 Å². The summed E-state index contributed by atoms with van der Waals surface area (Å²) in [6, 6.07) is 0. The molecule has 36 nitrogen and oxygen atoms in total. The predicted octanol–water partition coefficient (Wildman–Crippen LogP) is -15.5. The second kappa shape index (κ2) is 28.1. The lowest BCUT2D eigenvalue weighted by Crippen LogP contribution is -2.69. The fourth-order valence-corrected chi connectivity index (χ4v) is 9.36. The first-order valence-corrected chi connectivity index (χ1v) is 24.4. The molecule has 6 rings (SSSR count). The lowest BCUT2D eigenvalue weighted by Gasteiger charge is -2.50. The van der Waals surface area contributed by atoms with Gasteiger partial charge in [-0.15, -0.1) is 0 Å². The van der Waals surface area contributed by atoms with Crippen LogP contribution in [-0.2, 0) is 61.6 Å². The van der Waals surface area contributed by atoms with Gasteiger partial charge in [0, 0.05) is 0 Å². The van der Waals surface area contributed by atoms with E-state index in [4.69, 9.17) is 56.8 Å². The quantitative estimate of drug-likeness (QED) is 0.0479. The minimum atomic E-state index is -2.61. The molecule has 78 heavy (non-hydrogen) atoms. The number of aliphatic hydroxyl groups excluding tert-OH is 22. The van der Waals surface area contributed by atoms with Crippen LogP contribution in [-0.4, -0.2) is 372 Å². The van der Waals surface area contributed by atoms with Gasteiger partial charge in [-0.25, -0.2) is 4.79 Å². The van der Waals surface area contributed by atoms with Crippen LogP contribution in [0, 0.1) is 0 Å². The highest BCUT2D eigenvalue weighted by atomic mass is 16.8. The number of carboxylic acids is 1. The average Bonchev–Trinajstić information content (AvgIpc) is 3.48. The summed E-state index contributed by atoms with van der Waals surface area (Å²) in [5, 5.41) is 244. The van der Waals surface area contributed by atoms with Gasteiger partial charge in [-0.2, -0.15) is 0 Å². The van der Waals surface area contributed by atoms with E-state index < -0.39 is 254 Å². The van der Waals surface area contributed by atoms with Gasteiger partial charge in [0.2, 0.25) is 0 Å². The van der Waals surface area contributed by atoms with E-state index in [1.165, 1.54) is 6.92 Å². The van der Waals surface area contributed by atoms with Gasteiger partial charge in [-0.3, -0.25) is 0 Å². The topological polar surface area (TPSA) is 593 Å². The monoisotopic (exact) mass is 1150 g/mol. The summed E-state index contributed by atoms with van der Waals surface area (Å²) < 4.78 is 67.8. The number of rotatable bonds is 22. The maximum Gasteiger partial charge on any atom is 0.335 e. The van der Waals surface area contributed by atoms with Crippen molar-refractivity contribution in [3.8, 4) is 0 Å². The molecule has 36 heteroatoms. The Hall–Kier alpha value is -1.89. The van der Waals surface area contributed by atoms with E-state index in [0.717, 1.165) is 0 Å². The van der Waals surface area contributed by atoms with Crippen LogP contribution in [0.5, 0.6) is 0 Å². The van der Waals surface area contributed by atoms with Gasteiger partial charge in [0.1, 0.15) is 159 Å². The molecule has 6 heterocycles. The van der Waals surface area contributed by atoms with Crippen LogP contribution in [0.25, 0.3) is 0 Å².